The fourth-order valence-corrected chi connectivity index (χ4v) is 1.77. The summed E-state index contributed by atoms with van der Waals surface area (Å²) in [5.74, 6) is 0. The topological polar surface area (TPSA) is 0 Å². The summed E-state index contributed by atoms with van der Waals surface area (Å²) in [6.45, 7) is 6.84. The normalized spacial score (nSPS) is 16.4. The molecule has 0 N–H and O–H groups in total. The fourth-order valence-electron chi connectivity index (χ4n) is 1.42. The molecule has 78 valence electrons. The summed E-state index contributed by atoms with van der Waals surface area (Å²) in [4.78, 5) is 0. The molecule has 2 atom stereocenters. The summed E-state index contributed by atoms with van der Waals surface area (Å²) in [5, 5.41) is 0. The van der Waals surface area contributed by atoms with Crippen LogP contribution < -0.4 is 4.25 Å². The van der Waals surface area contributed by atoms with Crippen LogP contribution in [-0.4, -0.2) is 12.6 Å². The van der Waals surface area contributed by atoms with E-state index < -0.39 is 0 Å². The van der Waals surface area contributed by atoms with Crippen molar-refractivity contribution in [3.63, 3.8) is 0 Å². The molecular weight excluding hydrogens is 189 g/mol. The molecule has 0 amide bonds. The summed E-state index contributed by atoms with van der Waals surface area (Å²) in [6, 6.07) is 10.6. The number of quaternary nitrogens is 1. The SMILES string of the molecule is CCC(C)(C)[N+](C)(P)c1ccccc1. The van der Waals surface area contributed by atoms with E-state index >= 15 is 0 Å². The Morgan fingerprint density at radius 3 is 2.14 bits per heavy atom. The Hall–Kier alpha value is -0.390. The maximum absolute atomic E-state index is 2.96. The quantitative estimate of drug-likeness (QED) is 0.669. The molecule has 0 heterocycles. The highest BCUT2D eigenvalue weighted by Gasteiger charge is 2.36. The lowest BCUT2D eigenvalue weighted by Crippen LogP contribution is -2.51. The molecule has 0 radical (unpaired) electrons. The molecule has 0 aromatic heterocycles. The minimum atomic E-state index is 0.242. The standard InChI is InChI=1S/C12H21NP/c1-5-12(2,3)13(4,14)11-9-7-6-8-10-11/h6-10H,5,14H2,1-4H3/q+1. The van der Waals surface area contributed by atoms with Gasteiger partial charge in [0, 0.05) is 0 Å². The van der Waals surface area contributed by atoms with E-state index in [0.717, 1.165) is 10.7 Å². The summed E-state index contributed by atoms with van der Waals surface area (Å²) in [5.41, 5.74) is 1.58. The van der Waals surface area contributed by atoms with Gasteiger partial charge in [-0.05, 0) is 32.4 Å². The molecule has 0 aliphatic rings. The van der Waals surface area contributed by atoms with Crippen LogP contribution in [0.25, 0.3) is 0 Å². The molecule has 0 aliphatic carbocycles. The average Bonchev–Trinajstić information content (AvgIpc) is 2.19. The zero-order valence-electron chi connectivity index (χ0n) is 9.62. The Morgan fingerprint density at radius 2 is 1.71 bits per heavy atom. The predicted molar refractivity (Wildman–Crippen MR) is 68.2 cm³/mol. The maximum Gasteiger partial charge on any atom is 0.133 e. The van der Waals surface area contributed by atoms with Crippen molar-refractivity contribution in [2.75, 3.05) is 7.05 Å². The number of hydrogen-bond acceptors (Lipinski definition) is 0. The van der Waals surface area contributed by atoms with Gasteiger partial charge in [-0.1, -0.05) is 25.1 Å². The molecule has 0 bridgehead atoms. The summed E-state index contributed by atoms with van der Waals surface area (Å²) >= 11 is 0. The van der Waals surface area contributed by atoms with Crippen LogP contribution in [0.15, 0.2) is 30.3 Å². The first-order valence-corrected chi connectivity index (χ1v) is 5.64. The van der Waals surface area contributed by atoms with E-state index in [-0.39, 0.29) is 5.54 Å². The van der Waals surface area contributed by atoms with Gasteiger partial charge in [-0.25, -0.2) is 0 Å². The van der Waals surface area contributed by atoms with Crippen LogP contribution in [0, 0.1) is 0 Å². The van der Waals surface area contributed by atoms with Gasteiger partial charge in [-0.15, -0.1) is 0 Å². The first-order valence-electron chi connectivity index (χ1n) is 5.12. The van der Waals surface area contributed by atoms with E-state index in [0.29, 0.717) is 0 Å². The number of para-hydroxylation sites is 1. The van der Waals surface area contributed by atoms with Crippen LogP contribution >= 0.6 is 9.39 Å². The lowest BCUT2D eigenvalue weighted by Gasteiger charge is -2.43. The van der Waals surface area contributed by atoms with Crippen molar-refractivity contribution in [2.45, 2.75) is 32.7 Å². The zero-order valence-corrected chi connectivity index (χ0v) is 10.8. The lowest BCUT2D eigenvalue weighted by molar-refractivity contribution is 0.276. The van der Waals surface area contributed by atoms with Gasteiger partial charge in [0.05, 0.1) is 22.0 Å². The first kappa shape index (κ1) is 11.7. The van der Waals surface area contributed by atoms with Gasteiger partial charge in [-0.3, -0.25) is 4.25 Å². The molecule has 1 nitrogen and oxygen atoms in total. The van der Waals surface area contributed by atoms with Gasteiger partial charge < -0.3 is 0 Å². The van der Waals surface area contributed by atoms with Gasteiger partial charge in [-0.2, -0.15) is 0 Å². The minimum Gasteiger partial charge on any atom is -0.280 e. The Balaban J connectivity index is 3.08. The maximum atomic E-state index is 2.96. The number of hydrogen-bond donors (Lipinski definition) is 0. The van der Waals surface area contributed by atoms with E-state index in [2.05, 4.69) is 67.5 Å². The van der Waals surface area contributed by atoms with E-state index in [1.54, 1.807) is 0 Å². The number of benzene rings is 1. The highest BCUT2D eigenvalue weighted by molar-refractivity contribution is 7.16. The average molecular weight is 210 g/mol. The van der Waals surface area contributed by atoms with Crippen LogP contribution in [0.4, 0.5) is 5.69 Å². The van der Waals surface area contributed by atoms with Gasteiger partial charge in [0.1, 0.15) is 5.69 Å². The molecule has 1 aromatic carbocycles. The Morgan fingerprint density at radius 1 is 1.21 bits per heavy atom. The number of nitrogens with zero attached hydrogens (tertiary/aromatic N) is 1. The molecular formula is C12H21NP+. The zero-order chi connectivity index (χ0) is 10.8. The second-order valence-electron chi connectivity index (χ2n) is 4.58. The Labute approximate surface area is 90.0 Å². The summed E-state index contributed by atoms with van der Waals surface area (Å²) in [7, 11) is 5.20. The third-order valence-corrected chi connectivity index (χ3v) is 4.41. The lowest BCUT2D eigenvalue weighted by atomic mass is 9.99. The molecule has 0 aliphatic heterocycles. The molecule has 0 saturated carbocycles. The van der Waals surface area contributed by atoms with Crippen LogP contribution in [0.3, 0.4) is 0 Å². The largest absolute Gasteiger partial charge is 0.280 e. The van der Waals surface area contributed by atoms with Crippen molar-refractivity contribution in [3.05, 3.63) is 30.3 Å². The molecule has 0 spiro atoms. The van der Waals surface area contributed by atoms with Crippen LogP contribution in [-0.2, 0) is 0 Å². The molecule has 14 heavy (non-hydrogen) atoms. The number of rotatable bonds is 3. The van der Waals surface area contributed by atoms with E-state index in [1.165, 1.54) is 5.69 Å². The molecule has 2 unspecified atom stereocenters. The van der Waals surface area contributed by atoms with Crippen molar-refractivity contribution in [1.82, 2.24) is 4.25 Å². The highest BCUT2D eigenvalue weighted by Crippen LogP contribution is 2.37. The summed E-state index contributed by atoms with van der Waals surface area (Å²) in [6.07, 6.45) is 1.15. The monoisotopic (exact) mass is 210 g/mol. The third kappa shape index (κ3) is 1.99. The van der Waals surface area contributed by atoms with Crippen molar-refractivity contribution in [2.24, 2.45) is 0 Å². The van der Waals surface area contributed by atoms with Crippen LogP contribution in [0.2, 0.25) is 0 Å². The first-order chi connectivity index (χ1) is 6.42. The summed E-state index contributed by atoms with van der Waals surface area (Å²) < 4.78 is 0.852. The molecule has 0 saturated heterocycles. The van der Waals surface area contributed by atoms with Gasteiger partial charge in [0.15, 0.2) is 0 Å². The van der Waals surface area contributed by atoms with Gasteiger partial charge >= 0.3 is 0 Å². The van der Waals surface area contributed by atoms with Crippen LogP contribution in [0.5, 0.6) is 0 Å². The molecule has 1 aromatic rings. The Bertz CT molecular complexity index is 290. The van der Waals surface area contributed by atoms with Crippen molar-refractivity contribution >= 4 is 15.1 Å². The van der Waals surface area contributed by atoms with E-state index in [1.807, 2.05) is 0 Å². The minimum absolute atomic E-state index is 0.242. The smallest absolute Gasteiger partial charge is 0.133 e. The highest BCUT2D eigenvalue weighted by atomic mass is 31.0. The molecule has 0 fully saturated rings. The second-order valence-corrected chi connectivity index (χ2v) is 5.61. The molecule has 2 heteroatoms. The van der Waals surface area contributed by atoms with Gasteiger partial charge in [0.25, 0.3) is 0 Å². The molecule has 1 rings (SSSR count). The predicted octanol–water partition coefficient (Wildman–Crippen LogP) is 3.60. The fraction of sp³-hybridized carbons (Fsp3) is 0.500. The van der Waals surface area contributed by atoms with Crippen molar-refractivity contribution in [1.29, 1.82) is 0 Å². The second kappa shape index (κ2) is 4.00. The van der Waals surface area contributed by atoms with Crippen molar-refractivity contribution < 1.29 is 0 Å². The van der Waals surface area contributed by atoms with E-state index in [4.69, 9.17) is 0 Å². The van der Waals surface area contributed by atoms with E-state index in [9.17, 15) is 0 Å². The van der Waals surface area contributed by atoms with Gasteiger partial charge in [0.2, 0.25) is 0 Å². The Kier molecular flexibility index (Phi) is 3.34. The third-order valence-electron chi connectivity index (χ3n) is 3.42. The van der Waals surface area contributed by atoms with Crippen molar-refractivity contribution in [3.8, 4) is 0 Å². The van der Waals surface area contributed by atoms with Crippen LogP contribution in [0.1, 0.15) is 27.2 Å².